The summed E-state index contributed by atoms with van der Waals surface area (Å²) < 4.78 is 0. The van der Waals surface area contributed by atoms with Crippen molar-refractivity contribution in [3.63, 3.8) is 0 Å². The zero-order valence-electron chi connectivity index (χ0n) is 10.5. The van der Waals surface area contributed by atoms with Crippen LogP contribution in [-0.2, 0) is 6.42 Å². The Morgan fingerprint density at radius 1 is 1.06 bits per heavy atom. The van der Waals surface area contributed by atoms with E-state index in [1.165, 1.54) is 44.1 Å². The second-order valence-corrected chi connectivity index (χ2v) is 5.20. The Kier molecular flexibility index (Phi) is 6.56. The Bertz CT molecular complexity index is 276. The molecule has 0 saturated heterocycles. The molecule has 1 heteroatoms. The van der Waals surface area contributed by atoms with E-state index in [9.17, 15) is 0 Å². The van der Waals surface area contributed by atoms with Crippen molar-refractivity contribution in [2.24, 2.45) is 5.92 Å². The number of benzene rings is 1. The summed E-state index contributed by atoms with van der Waals surface area (Å²) in [4.78, 5) is 0. The molecule has 1 unspecified atom stereocenters. The molecular formula is C15H23Cl. The third-order valence-corrected chi connectivity index (χ3v) is 3.38. The van der Waals surface area contributed by atoms with Gasteiger partial charge in [0.1, 0.15) is 0 Å². The monoisotopic (exact) mass is 238 g/mol. The Hall–Kier alpha value is -0.490. The van der Waals surface area contributed by atoms with Crippen LogP contribution < -0.4 is 0 Å². The van der Waals surface area contributed by atoms with Crippen molar-refractivity contribution in [2.75, 3.05) is 0 Å². The van der Waals surface area contributed by atoms with E-state index in [2.05, 4.69) is 26.0 Å². The number of aryl methyl sites for hydroxylation is 1. The third kappa shape index (κ3) is 5.55. The van der Waals surface area contributed by atoms with Crippen molar-refractivity contribution in [1.82, 2.24) is 0 Å². The zero-order chi connectivity index (χ0) is 11.8. The molecule has 16 heavy (non-hydrogen) atoms. The van der Waals surface area contributed by atoms with Gasteiger partial charge in [0.25, 0.3) is 0 Å². The number of hydrogen-bond donors (Lipinski definition) is 0. The first-order valence-electron chi connectivity index (χ1n) is 6.46. The van der Waals surface area contributed by atoms with E-state index in [0.717, 1.165) is 10.9 Å². The molecule has 0 nitrogen and oxygen atoms in total. The molecule has 1 rings (SSSR count). The number of hydrogen-bond acceptors (Lipinski definition) is 0. The normalized spacial score (nSPS) is 12.7. The topological polar surface area (TPSA) is 0 Å². The van der Waals surface area contributed by atoms with Crippen LogP contribution in [0.5, 0.6) is 0 Å². The highest BCUT2D eigenvalue weighted by atomic mass is 35.5. The van der Waals surface area contributed by atoms with E-state index in [-0.39, 0.29) is 0 Å². The van der Waals surface area contributed by atoms with Crippen LogP contribution in [0.2, 0.25) is 5.02 Å². The molecule has 0 aliphatic heterocycles. The lowest BCUT2D eigenvalue weighted by Gasteiger charge is -2.10. The summed E-state index contributed by atoms with van der Waals surface area (Å²) >= 11 is 5.85. The van der Waals surface area contributed by atoms with E-state index in [1.807, 2.05) is 12.1 Å². The van der Waals surface area contributed by atoms with Crippen molar-refractivity contribution in [3.05, 3.63) is 34.9 Å². The van der Waals surface area contributed by atoms with Gasteiger partial charge in [0.05, 0.1) is 0 Å². The minimum atomic E-state index is 0.833. The van der Waals surface area contributed by atoms with Crippen LogP contribution in [-0.4, -0.2) is 0 Å². The van der Waals surface area contributed by atoms with Gasteiger partial charge >= 0.3 is 0 Å². The van der Waals surface area contributed by atoms with Crippen LogP contribution in [0.4, 0.5) is 0 Å². The van der Waals surface area contributed by atoms with Crippen molar-refractivity contribution >= 4 is 11.6 Å². The maximum atomic E-state index is 5.85. The van der Waals surface area contributed by atoms with Crippen LogP contribution in [0.25, 0.3) is 0 Å². The summed E-state index contributed by atoms with van der Waals surface area (Å²) in [5, 5.41) is 0.833. The van der Waals surface area contributed by atoms with Gasteiger partial charge in [-0.3, -0.25) is 0 Å². The first kappa shape index (κ1) is 13.6. The van der Waals surface area contributed by atoms with Gasteiger partial charge in [-0.25, -0.2) is 0 Å². The highest BCUT2D eigenvalue weighted by Crippen LogP contribution is 2.17. The van der Waals surface area contributed by atoms with Gasteiger partial charge in [-0.15, -0.1) is 0 Å². The van der Waals surface area contributed by atoms with Gasteiger partial charge in [0, 0.05) is 5.02 Å². The minimum Gasteiger partial charge on any atom is -0.0843 e. The van der Waals surface area contributed by atoms with E-state index in [4.69, 9.17) is 11.6 Å². The van der Waals surface area contributed by atoms with Crippen LogP contribution in [0.1, 0.15) is 51.5 Å². The first-order valence-corrected chi connectivity index (χ1v) is 6.84. The largest absolute Gasteiger partial charge is 0.0843 e. The summed E-state index contributed by atoms with van der Waals surface area (Å²) in [5.41, 5.74) is 1.41. The molecule has 1 atom stereocenters. The molecule has 1 aromatic rings. The highest BCUT2D eigenvalue weighted by Gasteiger charge is 2.01. The van der Waals surface area contributed by atoms with E-state index in [0.29, 0.717) is 0 Å². The summed E-state index contributed by atoms with van der Waals surface area (Å²) in [7, 11) is 0. The highest BCUT2D eigenvalue weighted by molar-refractivity contribution is 6.30. The van der Waals surface area contributed by atoms with Crippen LogP contribution in [0.3, 0.4) is 0 Å². The van der Waals surface area contributed by atoms with Crippen molar-refractivity contribution < 1.29 is 0 Å². The molecular weight excluding hydrogens is 216 g/mol. The first-order chi connectivity index (χ1) is 7.72. The summed E-state index contributed by atoms with van der Waals surface area (Å²) in [6.07, 6.45) is 7.92. The summed E-state index contributed by atoms with van der Waals surface area (Å²) in [6, 6.07) is 8.24. The molecule has 0 aliphatic rings. The number of rotatable bonds is 7. The fourth-order valence-electron chi connectivity index (χ4n) is 2.00. The van der Waals surface area contributed by atoms with Gasteiger partial charge in [0.2, 0.25) is 0 Å². The third-order valence-electron chi connectivity index (χ3n) is 3.13. The molecule has 0 amide bonds. The van der Waals surface area contributed by atoms with E-state index in [1.54, 1.807) is 0 Å². The second-order valence-electron chi connectivity index (χ2n) is 4.77. The SMILES string of the molecule is CCCCC(C)CCCc1ccc(Cl)cc1. The smallest absolute Gasteiger partial charge is 0.0406 e. The molecule has 90 valence electrons. The average Bonchev–Trinajstić information content (AvgIpc) is 2.29. The molecule has 0 spiro atoms. The Morgan fingerprint density at radius 3 is 2.31 bits per heavy atom. The van der Waals surface area contributed by atoms with Crippen LogP contribution in [0, 0.1) is 5.92 Å². The van der Waals surface area contributed by atoms with Crippen molar-refractivity contribution in [2.45, 2.75) is 52.4 Å². The molecule has 1 aromatic carbocycles. The summed E-state index contributed by atoms with van der Waals surface area (Å²) in [6.45, 7) is 4.64. The Morgan fingerprint density at radius 2 is 1.69 bits per heavy atom. The Balaban J connectivity index is 2.17. The van der Waals surface area contributed by atoms with E-state index >= 15 is 0 Å². The lowest BCUT2D eigenvalue weighted by molar-refractivity contribution is 0.457. The maximum Gasteiger partial charge on any atom is 0.0406 e. The molecule has 0 bridgehead atoms. The fourth-order valence-corrected chi connectivity index (χ4v) is 2.13. The standard InChI is InChI=1S/C15H23Cl/c1-3-4-6-13(2)7-5-8-14-9-11-15(16)12-10-14/h9-13H,3-8H2,1-2H3. The number of halogens is 1. The van der Waals surface area contributed by atoms with Gasteiger partial charge in [0.15, 0.2) is 0 Å². The van der Waals surface area contributed by atoms with Gasteiger partial charge in [-0.1, -0.05) is 63.3 Å². The quantitative estimate of drug-likeness (QED) is 0.589. The molecule has 0 radical (unpaired) electrons. The van der Waals surface area contributed by atoms with Crippen molar-refractivity contribution in [3.8, 4) is 0 Å². The van der Waals surface area contributed by atoms with Gasteiger partial charge in [-0.2, -0.15) is 0 Å². The van der Waals surface area contributed by atoms with Crippen LogP contribution in [0.15, 0.2) is 24.3 Å². The van der Waals surface area contributed by atoms with E-state index < -0.39 is 0 Å². The van der Waals surface area contributed by atoms with Crippen LogP contribution >= 0.6 is 11.6 Å². The molecule has 0 N–H and O–H groups in total. The Labute approximate surface area is 105 Å². The fraction of sp³-hybridized carbons (Fsp3) is 0.600. The second kappa shape index (κ2) is 7.73. The summed E-state index contributed by atoms with van der Waals surface area (Å²) in [5.74, 6) is 0.882. The maximum absolute atomic E-state index is 5.85. The van der Waals surface area contributed by atoms with Gasteiger partial charge < -0.3 is 0 Å². The predicted octanol–water partition coefficient (Wildman–Crippen LogP) is 5.49. The predicted molar refractivity (Wildman–Crippen MR) is 73.1 cm³/mol. The lowest BCUT2D eigenvalue weighted by atomic mass is 9.96. The number of unbranched alkanes of at least 4 members (excludes halogenated alkanes) is 1. The molecule has 0 saturated carbocycles. The van der Waals surface area contributed by atoms with Crippen molar-refractivity contribution in [1.29, 1.82) is 0 Å². The minimum absolute atomic E-state index is 0.833. The van der Waals surface area contributed by atoms with Gasteiger partial charge in [-0.05, 0) is 36.5 Å². The average molecular weight is 239 g/mol. The molecule has 0 heterocycles. The molecule has 0 aromatic heterocycles. The molecule has 0 aliphatic carbocycles. The lowest BCUT2D eigenvalue weighted by Crippen LogP contribution is -1.96. The zero-order valence-corrected chi connectivity index (χ0v) is 11.3. The molecule has 0 fully saturated rings.